The molecule has 1 aliphatic heterocycles. The molecule has 4 nitrogen and oxygen atoms in total. The van der Waals surface area contributed by atoms with Crippen molar-refractivity contribution in [3.63, 3.8) is 0 Å². The van der Waals surface area contributed by atoms with Crippen LogP contribution in [0.5, 0.6) is 0 Å². The highest BCUT2D eigenvalue weighted by molar-refractivity contribution is 6.35. The second-order valence-corrected chi connectivity index (χ2v) is 5.69. The molecule has 120 valence electrons. The van der Waals surface area contributed by atoms with Crippen molar-refractivity contribution in [2.75, 3.05) is 13.1 Å². The molecule has 2 amide bonds. The van der Waals surface area contributed by atoms with E-state index in [1.165, 1.54) is 12.1 Å². The third kappa shape index (κ3) is 4.29. The van der Waals surface area contributed by atoms with E-state index >= 15 is 0 Å². The number of piperidine rings is 1. The Kier molecular flexibility index (Phi) is 5.92. The fourth-order valence-corrected chi connectivity index (χ4v) is 2.87. The van der Waals surface area contributed by atoms with Gasteiger partial charge in [0.05, 0.1) is 0 Å². The van der Waals surface area contributed by atoms with Gasteiger partial charge in [0.25, 0.3) is 0 Å². The molecule has 0 aromatic heterocycles. The number of halogens is 1. The normalized spacial score (nSPS) is 18.1. The Labute approximate surface area is 130 Å². The lowest BCUT2D eigenvalue weighted by Crippen LogP contribution is -2.50. The lowest BCUT2D eigenvalue weighted by molar-refractivity contribution is -0.148. The van der Waals surface area contributed by atoms with Gasteiger partial charge in [0.1, 0.15) is 5.82 Å². The Morgan fingerprint density at radius 2 is 2.00 bits per heavy atom. The van der Waals surface area contributed by atoms with Crippen molar-refractivity contribution in [2.24, 2.45) is 0 Å². The van der Waals surface area contributed by atoms with Gasteiger partial charge in [0, 0.05) is 19.1 Å². The van der Waals surface area contributed by atoms with E-state index in [1.807, 2.05) is 6.92 Å². The quantitative estimate of drug-likeness (QED) is 0.868. The van der Waals surface area contributed by atoms with Crippen LogP contribution >= 0.6 is 0 Å². The van der Waals surface area contributed by atoms with E-state index < -0.39 is 11.8 Å². The topological polar surface area (TPSA) is 49.4 Å². The maximum absolute atomic E-state index is 12.8. The van der Waals surface area contributed by atoms with Crippen molar-refractivity contribution in [2.45, 2.75) is 45.1 Å². The number of carbonyl (C=O) groups excluding carboxylic acids is 2. The molecule has 1 heterocycles. The summed E-state index contributed by atoms with van der Waals surface area (Å²) in [7, 11) is 0. The van der Waals surface area contributed by atoms with Gasteiger partial charge >= 0.3 is 11.8 Å². The largest absolute Gasteiger partial charge is 0.347 e. The lowest BCUT2D eigenvalue weighted by Gasteiger charge is -2.34. The van der Waals surface area contributed by atoms with Crippen LogP contribution in [-0.2, 0) is 16.0 Å². The molecule has 22 heavy (non-hydrogen) atoms. The van der Waals surface area contributed by atoms with Crippen LogP contribution in [0.15, 0.2) is 24.3 Å². The molecule has 1 atom stereocenters. The van der Waals surface area contributed by atoms with Gasteiger partial charge in [-0.3, -0.25) is 9.59 Å². The zero-order valence-corrected chi connectivity index (χ0v) is 13.0. The summed E-state index contributed by atoms with van der Waals surface area (Å²) < 4.78 is 12.8. The summed E-state index contributed by atoms with van der Waals surface area (Å²) in [5.41, 5.74) is 0.929. The number of hydrogen-bond acceptors (Lipinski definition) is 2. The van der Waals surface area contributed by atoms with Gasteiger partial charge in [0.2, 0.25) is 0 Å². The van der Waals surface area contributed by atoms with Crippen LogP contribution in [0, 0.1) is 5.82 Å². The van der Waals surface area contributed by atoms with Crippen LogP contribution in [0.1, 0.15) is 38.2 Å². The maximum atomic E-state index is 12.8. The second-order valence-electron chi connectivity index (χ2n) is 5.69. The number of carbonyl (C=O) groups is 2. The molecule has 1 aromatic carbocycles. The van der Waals surface area contributed by atoms with Crippen LogP contribution in [0.4, 0.5) is 4.39 Å². The molecule has 1 N–H and O–H groups in total. The molecule has 1 fully saturated rings. The molecule has 1 aromatic rings. The number of likely N-dealkylation sites (tertiary alicyclic amines) is 1. The van der Waals surface area contributed by atoms with Gasteiger partial charge in [-0.2, -0.15) is 0 Å². The smallest absolute Gasteiger partial charge is 0.312 e. The second kappa shape index (κ2) is 7.92. The molecule has 0 radical (unpaired) electrons. The highest BCUT2D eigenvalue weighted by Crippen LogP contribution is 2.19. The van der Waals surface area contributed by atoms with E-state index in [9.17, 15) is 14.0 Å². The van der Waals surface area contributed by atoms with Crippen molar-refractivity contribution in [3.8, 4) is 0 Å². The molecular formula is C17H23FN2O2. The third-order valence-electron chi connectivity index (χ3n) is 4.17. The van der Waals surface area contributed by atoms with E-state index in [2.05, 4.69) is 5.32 Å². The Balaban J connectivity index is 1.81. The highest BCUT2D eigenvalue weighted by Gasteiger charge is 2.29. The number of nitrogens with one attached hydrogen (secondary N) is 1. The number of amides is 2. The van der Waals surface area contributed by atoms with E-state index in [-0.39, 0.29) is 11.9 Å². The Hall–Kier alpha value is -1.91. The zero-order valence-electron chi connectivity index (χ0n) is 13.0. The van der Waals surface area contributed by atoms with Crippen molar-refractivity contribution in [3.05, 3.63) is 35.6 Å². The molecule has 0 spiro atoms. The van der Waals surface area contributed by atoms with Crippen LogP contribution in [0.2, 0.25) is 0 Å². The number of benzene rings is 1. The summed E-state index contributed by atoms with van der Waals surface area (Å²) in [6, 6.07) is 6.33. The van der Waals surface area contributed by atoms with Crippen LogP contribution in [-0.4, -0.2) is 35.8 Å². The summed E-state index contributed by atoms with van der Waals surface area (Å²) in [4.78, 5) is 25.9. The first-order valence-corrected chi connectivity index (χ1v) is 7.95. The lowest BCUT2D eigenvalue weighted by atomic mass is 10.00. The molecule has 1 saturated heterocycles. The minimum absolute atomic E-state index is 0.184. The summed E-state index contributed by atoms with van der Waals surface area (Å²) in [6.45, 7) is 3.09. The standard InChI is InChI=1S/C17H23FN2O2/c1-2-15-5-3-4-12-20(15)17(22)16(21)19-11-10-13-6-8-14(18)9-7-13/h6-9,15H,2-5,10-12H2,1H3,(H,19,21). The van der Waals surface area contributed by atoms with Crippen molar-refractivity contribution in [1.29, 1.82) is 0 Å². The molecule has 0 aliphatic carbocycles. The molecule has 0 bridgehead atoms. The van der Waals surface area contributed by atoms with E-state index in [1.54, 1.807) is 17.0 Å². The summed E-state index contributed by atoms with van der Waals surface area (Å²) in [6.07, 6.45) is 4.52. The minimum Gasteiger partial charge on any atom is -0.347 e. The van der Waals surface area contributed by atoms with Crippen molar-refractivity contribution < 1.29 is 14.0 Å². The number of hydrogen-bond donors (Lipinski definition) is 1. The zero-order chi connectivity index (χ0) is 15.9. The van der Waals surface area contributed by atoms with Gasteiger partial charge in [0.15, 0.2) is 0 Å². The van der Waals surface area contributed by atoms with Crippen LogP contribution < -0.4 is 5.32 Å². The van der Waals surface area contributed by atoms with Gasteiger partial charge in [-0.25, -0.2) is 4.39 Å². The van der Waals surface area contributed by atoms with Crippen molar-refractivity contribution >= 4 is 11.8 Å². The Morgan fingerprint density at radius 3 is 2.68 bits per heavy atom. The number of rotatable bonds is 4. The Morgan fingerprint density at radius 1 is 1.27 bits per heavy atom. The average Bonchev–Trinajstić information content (AvgIpc) is 2.55. The average molecular weight is 306 g/mol. The number of nitrogens with zero attached hydrogens (tertiary/aromatic N) is 1. The first-order chi connectivity index (χ1) is 10.6. The predicted octanol–water partition coefficient (Wildman–Crippen LogP) is 2.28. The predicted molar refractivity (Wildman–Crippen MR) is 82.8 cm³/mol. The molecule has 2 rings (SSSR count). The van der Waals surface area contributed by atoms with Gasteiger partial charge in [-0.05, 0) is 49.8 Å². The molecule has 1 aliphatic rings. The first kappa shape index (κ1) is 16.5. The molecular weight excluding hydrogens is 283 g/mol. The van der Waals surface area contributed by atoms with Gasteiger partial charge in [-0.15, -0.1) is 0 Å². The van der Waals surface area contributed by atoms with E-state index in [4.69, 9.17) is 0 Å². The first-order valence-electron chi connectivity index (χ1n) is 7.95. The molecule has 0 saturated carbocycles. The van der Waals surface area contributed by atoms with Gasteiger partial charge in [-0.1, -0.05) is 19.1 Å². The van der Waals surface area contributed by atoms with Crippen molar-refractivity contribution in [1.82, 2.24) is 10.2 Å². The highest BCUT2D eigenvalue weighted by atomic mass is 19.1. The summed E-state index contributed by atoms with van der Waals surface area (Å²) >= 11 is 0. The maximum Gasteiger partial charge on any atom is 0.312 e. The molecule has 1 unspecified atom stereocenters. The van der Waals surface area contributed by atoms with Crippen LogP contribution in [0.3, 0.4) is 0 Å². The third-order valence-corrected chi connectivity index (χ3v) is 4.17. The van der Waals surface area contributed by atoms with E-state index in [0.717, 1.165) is 31.2 Å². The Bertz CT molecular complexity index is 516. The van der Waals surface area contributed by atoms with Crippen LogP contribution in [0.25, 0.3) is 0 Å². The SMILES string of the molecule is CCC1CCCCN1C(=O)C(=O)NCCc1ccc(F)cc1. The molecule has 5 heteroatoms. The van der Waals surface area contributed by atoms with E-state index in [0.29, 0.717) is 19.5 Å². The van der Waals surface area contributed by atoms with Gasteiger partial charge < -0.3 is 10.2 Å². The monoisotopic (exact) mass is 306 g/mol. The minimum atomic E-state index is -0.539. The fourth-order valence-electron chi connectivity index (χ4n) is 2.87. The summed E-state index contributed by atoms with van der Waals surface area (Å²) in [5.74, 6) is -1.24. The summed E-state index contributed by atoms with van der Waals surface area (Å²) in [5, 5.41) is 2.66. The fraction of sp³-hybridized carbons (Fsp3) is 0.529.